The van der Waals surface area contributed by atoms with Crippen LogP contribution in [-0.4, -0.2) is 6.43 Å². The lowest BCUT2D eigenvalue weighted by Gasteiger charge is -2.25. The molecule has 0 N–H and O–H groups in total. The summed E-state index contributed by atoms with van der Waals surface area (Å²) in [6.45, 7) is 4.22. The standard InChI is InChI=1S/C10H16F2/c1-7(2)8-4-3-5-9(6-8)10(11)12/h5,7-8,10H,3-4,6H2,1-2H3. The molecule has 0 aliphatic heterocycles. The van der Waals surface area contributed by atoms with Gasteiger partial charge in [0.1, 0.15) is 0 Å². The Kier molecular flexibility index (Phi) is 3.24. The van der Waals surface area contributed by atoms with E-state index in [1.165, 1.54) is 0 Å². The number of halogens is 2. The molecule has 1 atom stereocenters. The zero-order chi connectivity index (χ0) is 9.14. The maximum Gasteiger partial charge on any atom is 0.259 e. The van der Waals surface area contributed by atoms with Gasteiger partial charge in [-0.05, 0) is 36.7 Å². The number of hydrogen-bond donors (Lipinski definition) is 0. The first-order valence-corrected chi connectivity index (χ1v) is 4.58. The number of rotatable bonds is 2. The first-order valence-electron chi connectivity index (χ1n) is 4.58. The second kappa shape index (κ2) is 4.01. The van der Waals surface area contributed by atoms with Crippen LogP contribution in [0.5, 0.6) is 0 Å². The average molecular weight is 174 g/mol. The molecule has 0 aromatic carbocycles. The van der Waals surface area contributed by atoms with Gasteiger partial charge < -0.3 is 0 Å². The topological polar surface area (TPSA) is 0 Å². The van der Waals surface area contributed by atoms with Crippen molar-refractivity contribution in [2.24, 2.45) is 11.8 Å². The van der Waals surface area contributed by atoms with Gasteiger partial charge in [0.05, 0.1) is 0 Å². The van der Waals surface area contributed by atoms with Gasteiger partial charge in [0, 0.05) is 0 Å². The molecule has 1 aliphatic rings. The van der Waals surface area contributed by atoms with E-state index in [4.69, 9.17) is 0 Å². The Hall–Kier alpha value is -0.400. The maximum absolute atomic E-state index is 12.3. The summed E-state index contributed by atoms with van der Waals surface area (Å²) in [4.78, 5) is 0. The number of allylic oxidation sites excluding steroid dienone is 2. The summed E-state index contributed by atoms with van der Waals surface area (Å²) in [5, 5.41) is 0. The van der Waals surface area contributed by atoms with E-state index in [-0.39, 0.29) is 0 Å². The molecule has 0 bridgehead atoms. The van der Waals surface area contributed by atoms with Crippen molar-refractivity contribution in [2.45, 2.75) is 39.5 Å². The van der Waals surface area contributed by atoms with E-state index in [9.17, 15) is 8.78 Å². The van der Waals surface area contributed by atoms with Crippen molar-refractivity contribution in [1.29, 1.82) is 0 Å². The lowest BCUT2D eigenvalue weighted by atomic mass is 9.82. The number of alkyl halides is 2. The summed E-state index contributed by atoms with van der Waals surface area (Å²) < 4.78 is 24.6. The average Bonchev–Trinajstić information content (AvgIpc) is 2.04. The van der Waals surface area contributed by atoms with Gasteiger partial charge in [-0.2, -0.15) is 0 Å². The molecule has 1 unspecified atom stereocenters. The molecule has 0 amide bonds. The van der Waals surface area contributed by atoms with Crippen molar-refractivity contribution in [2.75, 3.05) is 0 Å². The summed E-state index contributed by atoms with van der Waals surface area (Å²) in [5.74, 6) is 1.01. The van der Waals surface area contributed by atoms with Crippen molar-refractivity contribution < 1.29 is 8.78 Å². The highest BCUT2D eigenvalue weighted by molar-refractivity contribution is 5.09. The zero-order valence-electron chi connectivity index (χ0n) is 7.69. The Bertz CT molecular complexity index is 171. The van der Waals surface area contributed by atoms with Gasteiger partial charge in [0.2, 0.25) is 0 Å². The normalized spacial score (nSPS) is 24.8. The molecule has 0 spiro atoms. The van der Waals surface area contributed by atoms with Crippen molar-refractivity contribution in [3.63, 3.8) is 0 Å². The van der Waals surface area contributed by atoms with Gasteiger partial charge in [0.15, 0.2) is 0 Å². The largest absolute Gasteiger partial charge is 0.259 e. The zero-order valence-corrected chi connectivity index (χ0v) is 7.69. The fourth-order valence-corrected chi connectivity index (χ4v) is 1.72. The van der Waals surface area contributed by atoms with E-state index in [0.717, 1.165) is 12.8 Å². The Balaban J connectivity index is 2.53. The highest BCUT2D eigenvalue weighted by Crippen LogP contribution is 2.32. The molecule has 0 aromatic rings. The first-order chi connectivity index (χ1) is 5.61. The van der Waals surface area contributed by atoms with Crippen molar-refractivity contribution >= 4 is 0 Å². The van der Waals surface area contributed by atoms with Crippen LogP contribution in [0.1, 0.15) is 33.1 Å². The molecule has 1 rings (SSSR count). The lowest BCUT2D eigenvalue weighted by Crippen LogP contribution is -2.15. The molecule has 0 saturated carbocycles. The van der Waals surface area contributed by atoms with Gasteiger partial charge in [-0.25, -0.2) is 8.78 Å². The van der Waals surface area contributed by atoms with Crippen LogP contribution in [-0.2, 0) is 0 Å². The highest BCUT2D eigenvalue weighted by Gasteiger charge is 2.22. The molecule has 0 nitrogen and oxygen atoms in total. The molecule has 70 valence electrons. The molecule has 0 heterocycles. The molecule has 2 heteroatoms. The second-order valence-electron chi connectivity index (χ2n) is 3.87. The van der Waals surface area contributed by atoms with E-state index in [1.54, 1.807) is 6.08 Å². The van der Waals surface area contributed by atoms with Crippen LogP contribution in [0.4, 0.5) is 8.78 Å². The third kappa shape index (κ3) is 2.29. The monoisotopic (exact) mass is 174 g/mol. The summed E-state index contributed by atoms with van der Waals surface area (Å²) in [7, 11) is 0. The van der Waals surface area contributed by atoms with Crippen molar-refractivity contribution in [3.05, 3.63) is 11.6 Å². The Labute approximate surface area is 72.7 Å². The summed E-state index contributed by atoms with van der Waals surface area (Å²) in [6.07, 6.45) is 2.00. The quantitative estimate of drug-likeness (QED) is 0.561. The van der Waals surface area contributed by atoms with Crippen LogP contribution in [0.25, 0.3) is 0 Å². The summed E-state index contributed by atoms with van der Waals surface area (Å²) >= 11 is 0. The molecule has 0 aromatic heterocycles. The molecule has 12 heavy (non-hydrogen) atoms. The Morgan fingerprint density at radius 1 is 1.42 bits per heavy atom. The fourth-order valence-electron chi connectivity index (χ4n) is 1.72. The smallest absolute Gasteiger partial charge is 0.205 e. The molecule has 0 radical (unpaired) electrons. The second-order valence-corrected chi connectivity index (χ2v) is 3.87. The Morgan fingerprint density at radius 3 is 2.58 bits per heavy atom. The van der Waals surface area contributed by atoms with E-state index >= 15 is 0 Å². The van der Waals surface area contributed by atoms with Crippen LogP contribution in [0, 0.1) is 11.8 Å². The van der Waals surface area contributed by atoms with Gasteiger partial charge in [0.25, 0.3) is 6.43 Å². The minimum atomic E-state index is -2.23. The minimum absolute atomic E-state index is 0.361. The first kappa shape index (κ1) is 9.69. The molecule has 0 fully saturated rings. The fraction of sp³-hybridized carbons (Fsp3) is 0.800. The van der Waals surface area contributed by atoms with Gasteiger partial charge in [-0.3, -0.25) is 0 Å². The molecule has 1 aliphatic carbocycles. The molecular weight excluding hydrogens is 158 g/mol. The number of hydrogen-bond acceptors (Lipinski definition) is 0. The van der Waals surface area contributed by atoms with E-state index < -0.39 is 6.43 Å². The SMILES string of the molecule is CC(C)C1CCC=C(C(F)F)C1. The van der Waals surface area contributed by atoms with Crippen LogP contribution in [0.2, 0.25) is 0 Å². The highest BCUT2D eigenvalue weighted by atomic mass is 19.3. The van der Waals surface area contributed by atoms with Crippen LogP contribution in [0.3, 0.4) is 0 Å². The molecular formula is C10H16F2. The summed E-state index contributed by atoms with van der Waals surface area (Å²) in [5.41, 5.74) is 0.361. The van der Waals surface area contributed by atoms with Gasteiger partial charge in [-0.15, -0.1) is 0 Å². The summed E-state index contributed by atoms with van der Waals surface area (Å²) in [6, 6.07) is 0. The predicted octanol–water partition coefficient (Wildman–Crippen LogP) is 3.63. The maximum atomic E-state index is 12.3. The van der Waals surface area contributed by atoms with Crippen molar-refractivity contribution in [3.8, 4) is 0 Å². The van der Waals surface area contributed by atoms with Crippen molar-refractivity contribution in [1.82, 2.24) is 0 Å². The minimum Gasteiger partial charge on any atom is -0.205 e. The van der Waals surface area contributed by atoms with Gasteiger partial charge >= 0.3 is 0 Å². The lowest BCUT2D eigenvalue weighted by molar-refractivity contribution is 0.171. The van der Waals surface area contributed by atoms with Crippen LogP contribution < -0.4 is 0 Å². The van der Waals surface area contributed by atoms with E-state index in [2.05, 4.69) is 13.8 Å². The van der Waals surface area contributed by atoms with Gasteiger partial charge in [-0.1, -0.05) is 19.9 Å². The Morgan fingerprint density at radius 2 is 2.08 bits per heavy atom. The third-order valence-electron chi connectivity index (χ3n) is 2.66. The van der Waals surface area contributed by atoms with Crippen LogP contribution >= 0.6 is 0 Å². The van der Waals surface area contributed by atoms with Crippen LogP contribution in [0.15, 0.2) is 11.6 Å². The van der Waals surface area contributed by atoms with E-state index in [1.807, 2.05) is 0 Å². The predicted molar refractivity (Wildman–Crippen MR) is 46.3 cm³/mol. The molecule has 0 saturated heterocycles. The van der Waals surface area contributed by atoms with E-state index in [0.29, 0.717) is 23.8 Å². The third-order valence-corrected chi connectivity index (χ3v) is 2.66.